The van der Waals surface area contributed by atoms with Crippen molar-refractivity contribution in [2.45, 2.75) is 13.1 Å². The molecule has 0 spiro atoms. The molecule has 0 unspecified atom stereocenters. The number of rotatable bonds is 4. The van der Waals surface area contributed by atoms with Gasteiger partial charge < -0.3 is 10.3 Å². The number of nitrogens with zero attached hydrogens (tertiary/aromatic N) is 3. The first-order valence-electron chi connectivity index (χ1n) is 6.78. The van der Waals surface area contributed by atoms with Crippen LogP contribution in [0.1, 0.15) is 11.4 Å². The van der Waals surface area contributed by atoms with Crippen molar-refractivity contribution in [1.29, 1.82) is 0 Å². The number of aromatic nitrogens is 3. The molecule has 0 saturated heterocycles. The standard InChI is InChI=1S/C16H14Cl2N4/c17-11-4-5-13(14(18)7-11)16-15(8-19)22(10-21-16)9-12-3-1-2-6-20-12/h1-7,10H,8-9,19H2. The molecule has 22 heavy (non-hydrogen) atoms. The summed E-state index contributed by atoms with van der Waals surface area (Å²) in [5, 5.41) is 1.15. The Balaban J connectivity index is 2.00. The van der Waals surface area contributed by atoms with E-state index in [1.165, 1.54) is 0 Å². The molecule has 0 amide bonds. The van der Waals surface area contributed by atoms with Crippen molar-refractivity contribution in [2.24, 2.45) is 5.73 Å². The van der Waals surface area contributed by atoms with Crippen LogP contribution in [0.5, 0.6) is 0 Å². The molecule has 2 heterocycles. The molecule has 2 N–H and O–H groups in total. The van der Waals surface area contributed by atoms with Gasteiger partial charge in [0.05, 0.1) is 35.0 Å². The van der Waals surface area contributed by atoms with Gasteiger partial charge in [-0.15, -0.1) is 0 Å². The molecule has 0 atom stereocenters. The second kappa shape index (κ2) is 6.48. The highest BCUT2D eigenvalue weighted by atomic mass is 35.5. The van der Waals surface area contributed by atoms with Crippen molar-refractivity contribution in [3.05, 3.63) is 70.4 Å². The Morgan fingerprint density at radius 2 is 1.95 bits per heavy atom. The molecule has 0 saturated carbocycles. The molecule has 0 bridgehead atoms. The zero-order valence-corrected chi connectivity index (χ0v) is 13.2. The van der Waals surface area contributed by atoms with Gasteiger partial charge in [0.1, 0.15) is 0 Å². The van der Waals surface area contributed by atoms with Crippen LogP contribution in [0.15, 0.2) is 48.9 Å². The summed E-state index contributed by atoms with van der Waals surface area (Å²) >= 11 is 12.2. The van der Waals surface area contributed by atoms with Crippen LogP contribution in [-0.4, -0.2) is 14.5 Å². The predicted molar refractivity (Wildman–Crippen MR) is 88.9 cm³/mol. The minimum absolute atomic E-state index is 0.362. The summed E-state index contributed by atoms with van der Waals surface area (Å²) in [6, 6.07) is 11.2. The maximum absolute atomic E-state index is 6.28. The second-order valence-corrected chi connectivity index (χ2v) is 5.66. The molecule has 3 rings (SSSR count). The second-order valence-electron chi connectivity index (χ2n) is 4.82. The molecule has 112 valence electrons. The number of hydrogen-bond donors (Lipinski definition) is 1. The topological polar surface area (TPSA) is 56.7 Å². The lowest BCUT2D eigenvalue weighted by atomic mass is 10.1. The zero-order chi connectivity index (χ0) is 15.5. The molecule has 0 radical (unpaired) electrons. The third kappa shape index (κ3) is 2.99. The van der Waals surface area contributed by atoms with Gasteiger partial charge in [0.25, 0.3) is 0 Å². The van der Waals surface area contributed by atoms with Gasteiger partial charge in [-0.1, -0.05) is 29.3 Å². The van der Waals surface area contributed by atoms with Crippen LogP contribution in [0.2, 0.25) is 10.0 Å². The SMILES string of the molecule is NCc1c(-c2ccc(Cl)cc2Cl)ncn1Cc1ccccn1. The molecule has 0 aliphatic carbocycles. The highest BCUT2D eigenvalue weighted by Gasteiger charge is 2.15. The fourth-order valence-corrected chi connectivity index (χ4v) is 2.83. The van der Waals surface area contributed by atoms with Crippen LogP contribution < -0.4 is 5.73 Å². The summed E-state index contributed by atoms with van der Waals surface area (Å²) in [4.78, 5) is 8.80. The van der Waals surface area contributed by atoms with E-state index in [-0.39, 0.29) is 0 Å². The van der Waals surface area contributed by atoms with E-state index in [1.54, 1.807) is 24.7 Å². The highest BCUT2D eigenvalue weighted by Crippen LogP contribution is 2.31. The van der Waals surface area contributed by atoms with Crippen molar-refractivity contribution < 1.29 is 0 Å². The minimum atomic E-state index is 0.362. The Labute approximate surface area is 138 Å². The number of nitrogens with two attached hydrogens (primary N) is 1. The summed E-state index contributed by atoms with van der Waals surface area (Å²) in [6.45, 7) is 0.979. The fourth-order valence-electron chi connectivity index (χ4n) is 2.33. The average molecular weight is 333 g/mol. The Morgan fingerprint density at radius 3 is 2.64 bits per heavy atom. The maximum Gasteiger partial charge on any atom is 0.0960 e. The first kappa shape index (κ1) is 15.0. The van der Waals surface area contributed by atoms with Crippen LogP contribution in [0.3, 0.4) is 0 Å². The van der Waals surface area contributed by atoms with Crippen molar-refractivity contribution in [1.82, 2.24) is 14.5 Å². The third-order valence-corrected chi connectivity index (χ3v) is 3.93. The van der Waals surface area contributed by atoms with Gasteiger partial charge in [0.2, 0.25) is 0 Å². The lowest BCUT2D eigenvalue weighted by molar-refractivity contribution is 0.724. The number of benzene rings is 1. The minimum Gasteiger partial charge on any atom is -0.327 e. The molecule has 0 aliphatic rings. The zero-order valence-electron chi connectivity index (χ0n) is 11.7. The van der Waals surface area contributed by atoms with Crippen LogP contribution in [-0.2, 0) is 13.1 Å². The van der Waals surface area contributed by atoms with Crippen molar-refractivity contribution in [3.8, 4) is 11.3 Å². The Bertz CT molecular complexity index is 784. The fraction of sp³-hybridized carbons (Fsp3) is 0.125. The van der Waals surface area contributed by atoms with E-state index in [9.17, 15) is 0 Å². The van der Waals surface area contributed by atoms with Gasteiger partial charge in [-0.3, -0.25) is 4.98 Å². The quantitative estimate of drug-likeness (QED) is 0.791. The van der Waals surface area contributed by atoms with E-state index in [2.05, 4.69) is 9.97 Å². The van der Waals surface area contributed by atoms with Crippen molar-refractivity contribution >= 4 is 23.2 Å². The maximum atomic E-state index is 6.28. The molecular formula is C16H14Cl2N4. The lowest BCUT2D eigenvalue weighted by Crippen LogP contribution is -2.09. The van der Waals surface area contributed by atoms with Crippen LogP contribution >= 0.6 is 23.2 Å². The molecule has 2 aromatic heterocycles. The first-order chi connectivity index (χ1) is 10.7. The molecule has 0 aliphatic heterocycles. The van der Waals surface area contributed by atoms with Crippen LogP contribution in [0.4, 0.5) is 0 Å². The van der Waals surface area contributed by atoms with Crippen LogP contribution in [0.25, 0.3) is 11.3 Å². The average Bonchev–Trinajstić information content (AvgIpc) is 2.91. The Morgan fingerprint density at radius 1 is 1.09 bits per heavy atom. The Kier molecular flexibility index (Phi) is 4.43. The van der Waals surface area contributed by atoms with Gasteiger partial charge >= 0.3 is 0 Å². The van der Waals surface area contributed by atoms with E-state index in [0.29, 0.717) is 23.1 Å². The van der Waals surface area contributed by atoms with Crippen LogP contribution in [0, 0.1) is 0 Å². The molecule has 6 heteroatoms. The molecule has 3 aromatic rings. The lowest BCUT2D eigenvalue weighted by Gasteiger charge is -2.09. The van der Waals surface area contributed by atoms with E-state index >= 15 is 0 Å². The molecular weight excluding hydrogens is 319 g/mol. The van der Waals surface area contributed by atoms with Gasteiger partial charge in [-0.2, -0.15) is 0 Å². The summed E-state index contributed by atoms with van der Waals surface area (Å²) in [5.41, 5.74) is 9.38. The summed E-state index contributed by atoms with van der Waals surface area (Å²) in [6.07, 6.45) is 3.53. The van der Waals surface area contributed by atoms with E-state index in [1.807, 2.05) is 28.8 Å². The molecule has 1 aromatic carbocycles. The van der Waals surface area contributed by atoms with Crippen molar-refractivity contribution in [3.63, 3.8) is 0 Å². The third-order valence-electron chi connectivity index (χ3n) is 3.38. The molecule has 0 fully saturated rings. The summed E-state index contributed by atoms with van der Waals surface area (Å²) in [7, 11) is 0. The first-order valence-corrected chi connectivity index (χ1v) is 7.54. The molecule has 4 nitrogen and oxygen atoms in total. The number of pyridine rings is 1. The number of imidazole rings is 1. The number of hydrogen-bond acceptors (Lipinski definition) is 3. The van der Waals surface area contributed by atoms with E-state index in [0.717, 1.165) is 22.6 Å². The van der Waals surface area contributed by atoms with Gasteiger partial charge in [0, 0.05) is 23.3 Å². The van der Waals surface area contributed by atoms with Gasteiger partial charge in [0.15, 0.2) is 0 Å². The van der Waals surface area contributed by atoms with Gasteiger partial charge in [-0.05, 0) is 30.3 Å². The van der Waals surface area contributed by atoms with E-state index < -0.39 is 0 Å². The van der Waals surface area contributed by atoms with Gasteiger partial charge in [-0.25, -0.2) is 4.98 Å². The number of halogens is 2. The monoisotopic (exact) mass is 332 g/mol. The largest absolute Gasteiger partial charge is 0.327 e. The summed E-state index contributed by atoms with van der Waals surface area (Å²) in [5.74, 6) is 0. The summed E-state index contributed by atoms with van der Waals surface area (Å²) < 4.78 is 1.99. The smallest absolute Gasteiger partial charge is 0.0960 e. The predicted octanol–water partition coefficient (Wildman–Crippen LogP) is 3.76. The highest BCUT2D eigenvalue weighted by molar-refractivity contribution is 6.36. The Hall–Kier alpha value is -1.88. The van der Waals surface area contributed by atoms with Crippen molar-refractivity contribution in [2.75, 3.05) is 0 Å². The van der Waals surface area contributed by atoms with E-state index in [4.69, 9.17) is 28.9 Å². The normalized spacial score (nSPS) is 10.9.